The van der Waals surface area contributed by atoms with Crippen LogP contribution in [-0.4, -0.2) is 38.3 Å². The van der Waals surface area contributed by atoms with Crippen molar-refractivity contribution < 1.29 is 14.7 Å². The van der Waals surface area contributed by atoms with E-state index in [-0.39, 0.29) is 12.1 Å². The van der Waals surface area contributed by atoms with E-state index >= 15 is 0 Å². The third-order valence-electron chi connectivity index (χ3n) is 3.37. The first-order valence-corrected chi connectivity index (χ1v) is 6.32. The number of fused-ring (bicyclic) bond motifs is 1. The molecule has 0 unspecified atom stereocenters. The number of hydrogen-bond acceptors (Lipinski definition) is 5. The fourth-order valence-electron chi connectivity index (χ4n) is 1.84. The van der Waals surface area contributed by atoms with Gasteiger partial charge in [-0.3, -0.25) is 9.48 Å². The lowest BCUT2D eigenvalue weighted by atomic mass is 9.92. The lowest BCUT2D eigenvalue weighted by molar-refractivity contribution is -0.125. The molecule has 0 aliphatic heterocycles. The van der Waals surface area contributed by atoms with Crippen LogP contribution in [0.15, 0.2) is 12.4 Å². The fourth-order valence-corrected chi connectivity index (χ4v) is 1.84. The molecule has 0 saturated heterocycles. The van der Waals surface area contributed by atoms with Gasteiger partial charge in [0, 0.05) is 19.8 Å². The summed E-state index contributed by atoms with van der Waals surface area (Å²) in [5, 5.41) is 16.9. The molecule has 0 saturated carbocycles. The van der Waals surface area contributed by atoms with E-state index < -0.39 is 17.3 Å². The van der Waals surface area contributed by atoms with Crippen molar-refractivity contribution in [3.8, 4) is 0 Å². The Bertz CT molecular complexity index is 720. The molecule has 0 aliphatic carbocycles. The minimum Gasteiger partial charge on any atom is -0.478 e. The average Bonchev–Trinajstić information content (AvgIpc) is 2.77. The molecule has 0 bridgehead atoms. The molecule has 2 rings (SSSR count). The lowest BCUT2D eigenvalue weighted by Gasteiger charge is -2.22. The van der Waals surface area contributed by atoms with E-state index in [0.29, 0.717) is 16.7 Å². The Hall–Kier alpha value is -2.64. The smallest absolute Gasteiger partial charge is 0.339 e. The third-order valence-corrected chi connectivity index (χ3v) is 3.37. The number of aromatic nitrogens is 3. The zero-order valence-corrected chi connectivity index (χ0v) is 12.0. The van der Waals surface area contributed by atoms with Crippen LogP contribution in [0, 0.1) is 5.41 Å². The number of primary amides is 1. The van der Waals surface area contributed by atoms with Gasteiger partial charge < -0.3 is 16.2 Å². The summed E-state index contributed by atoms with van der Waals surface area (Å²) in [4.78, 5) is 26.8. The molecular formula is C13H17N5O3. The Morgan fingerprint density at radius 2 is 2.10 bits per heavy atom. The molecule has 8 nitrogen and oxygen atoms in total. The van der Waals surface area contributed by atoms with Crippen molar-refractivity contribution >= 4 is 28.6 Å². The van der Waals surface area contributed by atoms with Gasteiger partial charge in [-0.1, -0.05) is 0 Å². The maximum Gasteiger partial charge on any atom is 0.339 e. The maximum absolute atomic E-state index is 11.4. The molecule has 0 radical (unpaired) electrons. The average molecular weight is 291 g/mol. The number of carboxylic acids is 1. The topological polar surface area (TPSA) is 123 Å². The highest BCUT2D eigenvalue weighted by Gasteiger charge is 2.26. The molecule has 4 N–H and O–H groups in total. The van der Waals surface area contributed by atoms with E-state index in [1.165, 1.54) is 12.4 Å². The first-order chi connectivity index (χ1) is 9.74. The number of anilines is 1. The van der Waals surface area contributed by atoms with E-state index in [4.69, 9.17) is 5.73 Å². The fraction of sp³-hybridized carbons (Fsp3) is 0.385. The molecule has 0 fully saturated rings. The molecule has 1 amide bonds. The van der Waals surface area contributed by atoms with E-state index in [9.17, 15) is 14.7 Å². The molecule has 112 valence electrons. The van der Waals surface area contributed by atoms with Gasteiger partial charge in [-0.05, 0) is 13.8 Å². The number of nitrogens with zero attached hydrogens (tertiary/aromatic N) is 3. The summed E-state index contributed by atoms with van der Waals surface area (Å²) < 4.78 is 1.55. The quantitative estimate of drug-likeness (QED) is 0.740. The predicted molar refractivity (Wildman–Crippen MR) is 76.9 cm³/mol. The molecule has 0 aliphatic rings. The van der Waals surface area contributed by atoms with Crippen LogP contribution in [0.5, 0.6) is 0 Å². The molecule has 2 heterocycles. The number of carboxylic acid groups (broad SMARTS) is 1. The van der Waals surface area contributed by atoms with Crippen LogP contribution in [-0.2, 0) is 11.8 Å². The summed E-state index contributed by atoms with van der Waals surface area (Å²) >= 11 is 0. The van der Waals surface area contributed by atoms with Crippen molar-refractivity contribution in [3.63, 3.8) is 0 Å². The SMILES string of the molecule is Cn1ncc2c(NCC(C)(C)C(N)=O)c(C(=O)O)cnc21. The number of nitrogens with one attached hydrogen (secondary N) is 1. The van der Waals surface area contributed by atoms with Gasteiger partial charge in [0.1, 0.15) is 5.56 Å². The van der Waals surface area contributed by atoms with Crippen molar-refractivity contribution in [1.82, 2.24) is 14.8 Å². The van der Waals surface area contributed by atoms with E-state index in [1.54, 1.807) is 25.6 Å². The predicted octanol–water partition coefficient (Wildman–Crippen LogP) is 0.590. The minimum atomic E-state index is -1.10. The van der Waals surface area contributed by atoms with Crippen LogP contribution in [0.4, 0.5) is 5.69 Å². The van der Waals surface area contributed by atoms with Crippen LogP contribution in [0.3, 0.4) is 0 Å². The highest BCUT2D eigenvalue weighted by Crippen LogP contribution is 2.27. The molecule has 0 spiro atoms. The van der Waals surface area contributed by atoms with Crippen molar-refractivity contribution in [3.05, 3.63) is 18.0 Å². The number of carbonyl (C=O) groups excluding carboxylic acids is 1. The van der Waals surface area contributed by atoms with Crippen LogP contribution in [0.1, 0.15) is 24.2 Å². The van der Waals surface area contributed by atoms with E-state index in [2.05, 4.69) is 15.4 Å². The maximum atomic E-state index is 11.4. The summed E-state index contributed by atoms with van der Waals surface area (Å²) in [5.41, 5.74) is 5.48. The molecule has 21 heavy (non-hydrogen) atoms. The first kappa shape index (κ1) is 14.8. The Labute approximate surface area is 121 Å². The van der Waals surface area contributed by atoms with Crippen molar-refractivity contribution in [2.45, 2.75) is 13.8 Å². The molecule has 8 heteroatoms. The zero-order valence-electron chi connectivity index (χ0n) is 12.0. The zero-order chi connectivity index (χ0) is 15.8. The number of carbonyl (C=O) groups is 2. The van der Waals surface area contributed by atoms with Gasteiger partial charge in [0.15, 0.2) is 5.65 Å². The normalized spacial score (nSPS) is 11.6. The molecular weight excluding hydrogens is 274 g/mol. The third kappa shape index (κ3) is 2.64. The Kier molecular flexibility index (Phi) is 3.54. The molecule has 0 atom stereocenters. The van der Waals surface area contributed by atoms with Crippen molar-refractivity contribution in [2.24, 2.45) is 18.2 Å². The van der Waals surface area contributed by atoms with Crippen LogP contribution in [0.2, 0.25) is 0 Å². The monoisotopic (exact) mass is 291 g/mol. The Morgan fingerprint density at radius 3 is 2.67 bits per heavy atom. The van der Waals surface area contributed by atoms with E-state index in [0.717, 1.165) is 0 Å². The van der Waals surface area contributed by atoms with Gasteiger partial charge in [0.25, 0.3) is 0 Å². The number of aromatic carboxylic acids is 1. The largest absolute Gasteiger partial charge is 0.478 e. The number of nitrogens with two attached hydrogens (primary N) is 1. The van der Waals surface area contributed by atoms with Gasteiger partial charge in [-0.2, -0.15) is 5.10 Å². The molecule has 2 aromatic rings. The second kappa shape index (κ2) is 5.04. The number of rotatable bonds is 5. The van der Waals surface area contributed by atoms with E-state index in [1.807, 2.05) is 0 Å². The van der Waals surface area contributed by atoms with Gasteiger partial charge in [-0.25, -0.2) is 9.78 Å². The highest BCUT2D eigenvalue weighted by atomic mass is 16.4. The molecule has 0 aromatic carbocycles. The number of aryl methyl sites for hydroxylation is 1. The van der Waals surface area contributed by atoms with Gasteiger partial charge in [0.2, 0.25) is 5.91 Å². The minimum absolute atomic E-state index is 0.0239. The van der Waals surface area contributed by atoms with Crippen LogP contribution in [0.25, 0.3) is 11.0 Å². The number of pyridine rings is 1. The van der Waals surface area contributed by atoms with Crippen molar-refractivity contribution in [1.29, 1.82) is 0 Å². The van der Waals surface area contributed by atoms with Crippen LogP contribution < -0.4 is 11.1 Å². The Balaban J connectivity index is 2.47. The van der Waals surface area contributed by atoms with Crippen LogP contribution >= 0.6 is 0 Å². The van der Waals surface area contributed by atoms with Gasteiger partial charge >= 0.3 is 5.97 Å². The summed E-state index contributed by atoms with van der Waals surface area (Å²) in [5.74, 6) is -1.57. The van der Waals surface area contributed by atoms with Crippen molar-refractivity contribution in [2.75, 3.05) is 11.9 Å². The summed E-state index contributed by atoms with van der Waals surface area (Å²) in [7, 11) is 1.72. The standard InChI is InChI=1S/C13H17N5O3/c1-13(2,12(14)21)6-16-9-7-5-17-18(3)10(7)15-4-8(9)11(19)20/h4-5H,6H2,1-3H3,(H2,14,21)(H,15,16)(H,19,20). The van der Waals surface area contributed by atoms with Gasteiger partial charge in [-0.15, -0.1) is 0 Å². The second-order valence-corrected chi connectivity index (χ2v) is 5.46. The lowest BCUT2D eigenvalue weighted by Crippen LogP contribution is -2.37. The second-order valence-electron chi connectivity index (χ2n) is 5.46. The first-order valence-electron chi connectivity index (χ1n) is 6.32. The molecule has 2 aromatic heterocycles. The summed E-state index contributed by atoms with van der Waals surface area (Å²) in [6, 6.07) is 0. The summed E-state index contributed by atoms with van der Waals surface area (Å²) in [6.45, 7) is 3.57. The highest BCUT2D eigenvalue weighted by molar-refractivity contribution is 6.03. The summed E-state index contributed by atoms with van der Waals surface area (Å²) in [6.07, 6.45) is 2.81. The van der Waals surface area contributed by atoms with Gasteiger partial charge in [0.05, 0.1) is 22.7 Å². The number of amides is 1. The number of hydrogen-bond donors (Lipinski definition) is 3. The Morgan fingerprint density at radius 1 is 1.43 bits per heavy atom.